The largest absolute Gasteiger partial charge is 0.350 e. The molecule has 5 heteroatoms. The van der Waals surface area contributed by atoms with Gasteiger partial charge in [-0.15, -0.1) is 11.3 Å². The van der Waals surface area contributed by atoms with Gasteiger partial charge in [0.1, 0.15) is 0 Å². The van der Waals surface area contributed by atoms with Crippen LogP contribution in [0.1, 0.15) is 50.1 Å². The first kappa shape index (κ1) is 15.3. The molecule has 1 aliphatic carbocycles. The van der Waals surface area contributed by atoms with Crippen LogP contribution in [0.4, 0.5) is 0 Å². The molecule has 0 bridgehead atoms. The first-order valence-electron chi connectivity index (χ1n) is 6.67. The third kappa shape index (κ3) is 4.43. The highest BCUT2D eigenvalue weighted by Crippen LogP contribution is 2.36. The minimum Gasteiger partial charge on any atom is -0.350 e. The highest BCUT2D eigenvalue weighted by molar-refractivity contribution is 14.1. The molecule has 0 spiro atoms. The number of hydrogen-bond donors (Lipinski definition) is 2. The number of hydrogen-bond acceptors (Lipinski definition) is 3. The van der Waals surface area contributed by atoms with Gasteiger partial charge >= 0.3 is 0 Å². The van der Waals surface area contributed by atoms with E-state index in [0.717, 1.165) is 6.42 Å². The maximum atomic E-state index is 11.8. The van der Waals surface area contributed by atoms with Crippen LogP contribution in [0.25, 0.3) is 0 Å². The van der Waals surface area contributed by atoms with E-state index in [1.54, 1.807) is 0 Å². The predicted molar refractivity (Wildman–Crippen MR) is 88.6 cm³/mol. The van der Waals surface area contributed by atoms with Gasteiger partial charge in [0, 0.05) is 16.5 Å². The fourth-order valence-corrected chi connectivity index (χ4v) is 4.53. The van der Waals surface area contributed by atoms with E-state index >= 15 is 0 Å². The Hall–Kier alpha value is -0.140. The van der Waals surface area contributed by atoms with Crippen molar-refractivity contribution in [1.82, 2.24) is 10.6 Å². The Balaban J connectivity index is 1.92. The van der Waals surface area contributed by atoms with Gasteiger partial charge in [-0.1, -0.05) is 0 Å². The van der Waals surface area contributed by atoms with Crippen LogP contribution in [0.5, 0.6) is 0 Å². The molecule has 0 aliphatic heterocycles. The number of rotatable bonds is 3. The minimum absolute atomic E-state index is 0.0737. The summed E-state index contributed by atoms with van der Waals surface area (Å²) < 4.78 is 1.34. The molecule has 0 fully saturated rings. The zero-order chi connectivity index (χ0) is 14.0. The van der Waals surface area contributed by atoms with Crippen LogP contribution >= 0.6 is 33.9 Å². The van der Waals surface area contributed by atoms with Gasteiger partial charge in [-0.2, -0.15) is 0 Å². The summed E-state index contributed by atoms with van der Waals surface area (Å²) in [6.45, 7) is 6.41. The van der Waals surface area contributed by atoms with Gasteiger partial charge in [0.15, 0.2) is 0 Å². The van der Waals surface area contributed by atoms with Gasteiger partial charge in [-0.3, -0.25) is 4.79 Å². The molecular weight excluding hydrogens is 371 g/mol. The Morgan fingerprint density at radius 1 is 1.53 bits per heavy atom. The van der Waals surface area contributed by atoms with Crippen molar-refractivity contribution < 1.29 is 4.79 Å². The monoisotopic (exact) mass is 392 g/mol. The number of nitrogens with one attached hydrogen (secondary N) is 2. The van der Waals surface area contributed by atoms with Crippen LogP contribution in [0.15, 0.2) is 6.07 Å². The van der Waals surface area contributed by atoms with E-state index in [4.69, 9.17) is 0 Å². The Kier molecular flexibility index (Phi) is 4.89. The average Bonchev–Trinajstić information content (AvgIpc) is 2.64. The average molecular weight is 392 g/mol. The molecule has 19 heavy (non-hydrogen) atoms. The third-order valence-corrected chi connectivity index (χ3v) is 5.08. The van der Waals surface area contributed by atoms with Gasteiger partial charge in [-0.25, -0.2) is 0 Å². The zero-order valence-electron chi connectivity index (χ0n) is 11.7. The third-order valence-electron chi connectivity index (χ3n) is 3.11. The maximum absolute atomic E-state index is 11.8. The molecule has 2 N–H and O–H groups in total. The Labute approximate surface area is 132 Å². The van der Waals surface area contributed by atoms with Crippen molar-refractivity contribution in [1.29, 1.82) is 0 Å². The summed E-state index contributed by atoms with van der Waals surface area (Å²) in [5.41, 5.74) is 1.25. The van der Waals surface area contributed by atoms with Crippen molar-refractivity contribution in [2.75, 3.05) is 6.54 Å². The second-order valence-corrected chi connectivity index (χ2v) is 9.08. The highest BCUT2D eigenvalue weighted by Gasteiger charge is 2.23. The van der Waals surface area contributed by atoms with E-state index in [-0.39, 0.29) is 11.4 Å². The van der Waals surface area contributed by atoms with Crippen molar-refractivity contribution >= 4 is 39.8 Å². The summed E-state index contributed by atoms with van der Waals surface area (Å²) in [4.78, 5) is 13.3. The van der Waals surface area contributed by atoms with Crippen molar-refractivity contribution in [3.8, 4) is 0 Å². The summed E-state index contributed by atoms with van der Waals surface area (Å²) in [7, 11) is 0. The second-order valence-electron chi connectivity index (χ2n) is 6.05. The molecule has 2 rings (SSSR count). The van der Waals surface area contributed by atoms with Crippen LogP contribution in [-0.4, -0.2) is 18.0 Å². The fraction of sp³-hybridized carbons (Fsp3) is 0.643. The summed E-state index contributed by atoms with van der Waals surface area (Å²) in [6.07, 6.45) is 3.53. The lowest BCUT2D eigenvalue weighted by molar-refractivity contribution is -0.121. The van der Waals surface area contributed by atoms with E-state index < -0.39 is 0 Å². The smallest absolute Gasteiger partial charge is 0.234 e. The molecule has 1 heterocycles. The Morgan fingerprint density at radius 3 is 2.95 bits per heavy atom. The second kappa shape index (κ2) is 6.10. The normalized spacial score (nSPS) is 19.1. The minimum atomic E-state index is -0.158. The molecule has 0 radical (unpaired) electrons. The molecule has 0 saturated heterocycles. The predicted octanol–water partition coefficient (Wildman–Crippen LogP) is 3.23. The summed E-state index contributed by atoms with van der Waals surface area (Å²) in [6, 6.07) is 2.60. The summed E-state index contributed by atoms with van der Waals surface area (Å²) in [5.74, 6) is 0.0737. The van der Waals surface area contributed by atoms with Crippen molar-refractivity contribution in [3.63, 3.8) is 0 Å². The van der Waals surface area contributed by atoms with Gasteiger partial charge in [-0.05, 0) is 74.3 Å². The Bertz CT molecular complexity index is 465. The number of carbonyl (C=O) groups is 1. The molecule has 1 aliphatic rings. The van der Waals surface area contributed by atoms with Crippen LogP contribution in [0.3, 0.4) is 0 Å². The van der Waals surface area contributed by atoms with Gasteiger partial charge < -0.3 is 10.6 Å². The number of amides is 1. The highest BCUT2D eigenvalue weighted by atomic mass is 127. The van der Waals surface area contributed by atoms with Crippen LogP contribution in [-0.2, 0) is 11.2 Å². The molecule has 1 aromatic rings. The van der Waals surface area contributed by atoms with Gasteiger partial charge in [0.2, 0.25) is 5.91 Å². The quantitative estimate of drug-likeness (QED) is 0.776. The first-order valence-corrected chi connectivity index (χ1v) is 8.57. The van der Waals surface area contributed by atoms with Crippen molar-refractivity contribution in [2.45, 2.75) is 51.6 Å². The number of carbonyl (C=O) groups excluding carboxylic acids is 1. The first-order chi connectivity index (χ1) is 8.85. The lowest BCUT2D eigenvalue weighted by Gasteiger charge is -2.25. The summed E-state index contributed by atoms with van der Waals surface area (Å²) in [5, 5.41) is 6.39. The van der Waals surface area contributed by atoms with E-state index in [2.05, 4.69) is 39.3 Å². The molecule has 1 amide bonds. The van der Waals surface area contributed by atoms with Crippen LogP contribution in [0.2, 0.25) is 0 Å². The summed E-state index contributed by atoms with van der Waals surface area (Å²) >= 11 is 4.27. The number of halogens is 1. The van der Waals surface area contributed by atoms with Crippen LogP contribution in [0, 0.1) is 2.88 Å². The molecule has 0 saturated carbocycles. The standard InChI is InChI=1S/C14H21IN2OS/c1-14(2,3)17-13(18)8-16-10-5-4-6-11-9(10)7-12(15)19-11/h7,10,16H,4-6,8H2,1-3H3,(H,17,18). The molecule has 3 nitrogen and oxygen atoms in total. The van der Waals surface area contributed by atoms with E-state index in [9.17, 15) is 4.79 Å². The number of aryl methyl sites for hydroxylation is 1. The maximum Gasteiger partial charge on any atom is 0.234 e. The molecule has 106 valence electrons. The zero-order valence-corrected chi connectivity index (χ0v) is 14.7. The molecular formula is C14H21IN2OS. The molecule has 0 aromatic carbocycles. The van der Waals surface area contributed by atoms with Gasteiger partial charge in [0.05, 0.1) is 9.43 Å². The van der Waals surface area contributed by atoms with Crippen LogP contribution < -0.4 is 10.6 Å². The van der Waals surface area contributed by atoms with E-state index in [0.29, 0.717) is 12.6 Å². The van der Waals surface area contributed by atoms with E-state index in [1.165, 1.54) is 26.2 Å². The topological polar surface area (TPSA) is 41.1 Å². The van der Waals surface area contributed by atoms with Gasteiger partial charge in [0.25, 0.3) is 0 Å². The SMILES string of the molecule is CC(C)(C)NC(=O)CNC1CCCc2sc(I)cc21. The molecule has 1 atom stereocenters. The fourth-order valence-electron chi connectivity index (χ4n) is 2.41. The number of thiophene rings is 1. The number of fused-ring (bicyclic) bond motifs is 1. The van der Waals surface area contributed by atoms with E-state index in [1.807, 2.05) is 32.1 Å². The molecule has 1 aromatic heterocycles. The lowest BCUT2D eigenvalue weighted by atomic mass is 9.94. The molecule has 1 unspecified atom stereocenters. The Morgan fingerprint density at radius 2 is 2.26 bits per heavy atom. The van der Waals surface area contributed by atoms with Crippen molar-refractivity contribution in [3.05, 3.63) is 19.4 Å². The van der Waals surface area contributed by atoms with Crippen molar-refractivity contribution in [2.24, 2.45) is 0 Å². The lowest BCUT2D eigenvalue weighted by Crippen LogP contribution is -2.45.